The molecule has 0 saturated carbocycles. The Balaban J connectivity index is 2.84. The molecule has 0 radical (unpaired) electrons. The second-order valence-corrected chi connectivity index (χ2v) is 4.99. The van der Waals surface area contributed by atoms with Crippen molar-refractivity contribution in [2.75, 3.05) is 18.0 Å². The number of rotatable bonds is 8. The molecule has 0 heterocycles. The Kier molecular flexibility index (Phi) is 6.42. The van der Waals surface area contributed by atoms with Crippen molar-refractivity contribution >= 4 is 11.7 Å². The average molecular weight is 285 g/mol. The molecule has 1 aromatic carbocycles. The van der Waals surface area contributed by atoms with Crippen molar-refractivity contribution < 1.29 is 18.7 Å². The van der Waals surface area contributed by atoms with Crippen LogP contribution in [0.5, 0.6) is 0 Å². The fraction of sp³-hybridized carbons (Fsp3) is 0.533. The number of carbonyl (C=O) groups is 1. The molecule has 0 spiro atoms. The Bertz CT molecular complexity index is 451. The highest BCUT2D eigenvalue weighted by Crippen LogP contribution is 2.20. The van der Waals surface area contributed by atoms with E-state index in [1.807, 2.05) is 0 Å². The van der Waals surface area contributed by atoms with Crippen molar-refractivity contribution in [3.8, 4) is 0 Å². The average Bonchev–Trinajstić information content (AvgIpc) is 2.40. The molecule has 1 atom stereocenters. The zero-order valence-corrected chi connectivity index (χ0v) is 11.9. The molecule has 0 aliphatic carbocycles. The molecule has 112 valence electrons. The van der Waals surface area contributed by atoms with E-state index in [9.17, 15) is 13.6 Å². The smallest absolute Gasteiger partial charge is 0.308 e. The van der Waals surface area contributed by atoms with Gasteiger partial charge in [0, 0.05) is 24.8 Å². The first-order chi connectivity index (χ1) is 9.45. The van der Waals surface area contributed by atoms with Crippen molar-refractivity contribution in [3.63, 3.8) is 0 Å². The molecule has 0 saturated heterocycles. The van der Waals surface area contributed by atoms with Gasteiger partial charge in [-0.25, -0.2) is 8.78 Å². The monoisotopic (exact) mass is 285 g/mol. The summed E-state index contributed by atoms with van der Waals surface area (Å²) in [5.41, 5.74) is 0.521. The predicted octanol–water partition coefficient (Wildman–Crippen LogP) is 3.68. The predicted molar refractivity (Wildman–Crippen MR) is 74.9 cm³/mol. The number of aliphatic carboxylic acids is 1. The zero-order valence-electron chi connectivity index (χ0n) is 11.9. The second kappa shape index (κ2) is 7.82. The maximum absolute atomic E-state index is 13.3. The Morgan fingerprint density at radius 1 is 1.30 bits per heavy atom. The summed E-state index contributed by atoms with van der Waals surface area (Å²) in [6, 6.07) is 3.68. The first-order valence-corrected chi connectivity index (χ1v) is 6.88. The van der Waals surface area contributed by atoms with E-state index in [0.717, 1.165) is 31.4 Å². The molecule has 1 unspecified atom stereocenters. The van der Waals surface area contributed by atoms with Crippen LogP contribution in [0.4, 0.5) is 14.5 Å². The van der Waals surface area contributed by atoms with Crippen molar-refractivity contribution in [2.45, 2.75) is 33.1 Å². The summed E-state index contributed by atoms with van der Waals surface area (Å²) in [5.74, 6) is -3.27. The van der Waals surface area contributed by atoms with Crippen LogP contribution in [0.25, 0.3) is 0 Å². The molecular weight excluding hydrogens is 264 g/mol. The third kappa shape index (κ3) is 4.79. The Labute approximate surface area is 118 Å². The van der Waals surface area contributed by atoms with Crippen molar-refractivity contribution in [2.24, 2.45) is 5.92 Å². The van der Waals surface area contributed by atoms with E-state index in [0.29, 0.717) is 12.2 Å². The largest absolute Gasteiger partial charge is 0.481 e. The van der Waals surface area contributed by atoms with Crippen LogP contribution in [0.2, 0.25) is 0 Å². The summed E-state index contributed by atoms with van der Waals surface area (Å²) in [6.45, 7) is 4.59. The fourth-order valence-corrected chi connectivity index (χ4v) is 1.97. The molecule has 0 aromatic heterocycles. The minimum atomic E-state index is -0.911. The van der Waals surface area contributed by atoms with Gasteiger partial charge in [-0.2, -0.15) is 0 Å². The van der Waals surface area contributed by atoms with Crippen molar-refractivity contribution in [1.82, 2.24) is 0 Å². The maximum Gasteiger partial charge on any atom is 0.308 e. The van der Waals surface area contributed by atoms with Gasteiger partial charge in [-0.05, 0) is 18.6 Å². The van der Waals surface area contributed by atoms with Gasteiger partial charge in [-0.1, -0.05) is 26.7 Å². The summed E-state index contributed by atoms with van der Waals surface area (Å²) >= 11 is 0. The number of carboxylic acids is 1. The number of hydrogen-bond donors (Lipinski definition) is 1. The summed E-state index contributed by atoms with van der Waals surface area (Å²) in [7, 11) is 0. The Morgan fingerprint density at radius 3 is 2.55 bits per heavy atom. The van der Waals surface area contributed by atoms with E-state index in [4.69, 9.17) is 5.11 Å². The highest BCUT2D eigenvalue weighted by molar-refractivity contribution is 5.70. The highest BCUT2D eigenvalue weighted by Gasteiger charge is 2.17. The summed E-state index contributed by atoms with van der Waals surface area (Å²) in [4.78, 5) is 12.8. The van der Waals surface area contributed by atoms with Crippen LogP contribution in [0.3, 0.4) is 0 Å². The lowest BCUT2D eigenvalue weighted by molar-refractivity contribution is -0.140. The van der Waals surface area contributed by atoms with Crippen molar-refractivity contribution in [3.05, 3.63) is 29.8 Å². The van der Waals surface area contributed by atoms with Gasteiger partial charge in [0.1, 0.15) is 0 Å². The number of anilines is 1. The van der Waals surface area contributed by atoms with E-state index >= 15 is 0 Å². The van der Waals surface area contributed by atoms with Gasteiger partial charge in [0.25, 0.3) is 0 Å². The Hall–Kier alpha value is -1.65. The molecule has 0 amide bonds. The molecule has 0 aliphatic heterocycles. The fourth-order valence-electron chi connectivity index (χ4n) is 1.97. The molecular formula is C15H21F2NO2. The third-order valence-corrected chi connectivity index (χ3v) is 3.22. The van der Waals surface area contributed by atoms with Gasteiger partial charge in [-0.3, -0.25) is 4.79 Å². The summed E-state index contributed by atoms with van der Waals surface area (Å²) in [6.07, 6.45) is 2.95. The molecule has 1 N–H and O–H groups in total. The molecule has 0 bridgehead atoms. The van der Waals surface area contributed by atoms with Crippen LogP contribution in [-0.4, -0.2) is 24.2 Å². The number of nitrogens with zero attached hydrogens (tertiary/aromatic N) is 1. The Morgan fingerprint density at radius 2 is 2.00 bits per heavy atom. The number of hydrogen-bond acceptors (Lipinski definition) is 2. The van der Waals surface area contributed by atoms with Gasteiger partial charge < -0.3 is 10.0 Å². The summed E-state index contributed by atoms with van der Waals surface area (Å²) < 4.78 is 26.3. The number of unbranched alkanes of at least 4 members (excludes halogenated alkanes) is 2. The minimum absolute atomic E-state index is 0.282. The third-order valence-electron chi connectivity index (χ3n) is 3.22. The van der Waals surface area contributed by atoms with Gasteiger partial charge in [0.05, 0.1) is 5.92 Å². The van der Waals surface area contributed by atoms with Crippen LogP contribution in [-0.2, 0) is 4.79 Å². The van der Waals surface area contributed by atoms with Crippen molar-refractivity contribution in [1.29, 1.82) is 0 Å². The van der Waals surface area contributed by atoms with Gasteiger partial charge in [0.2, 0.25) is 0 Å². The van der Waals surface area contributed by atoms with Crippen LogP contribution in [0.15, 0.2) is 18.2 Å². The van der Waals surface area contributed by atoms with E-state index < -0.39 is 23.5 Å². The minimum Gasteiger partial charge on any atom is -0.481 e. The van der Waals surface area contributed by atoms with E-state index in [2.05, 4.69) is 6.92 Å². The summed E-state index contributed by atoms with van der Waals surface area (Å²) in [5, 5.41) is 8.99. The van der Waals surface area contributed by atoms with E-state index in [1.54, 1.807) is 11.8 Å². The molecule has 1 rings (SSSR count). The highest BCUT2D eigenvalue weighted by atomic mass is 19.2. The molecule has 5 heteroatoms. The van der Waals surface area contributed by atoms with E-state index in [1.165, 1.54) is 6.07 Å². The maximum atomic E-state index is 13.3. The molecule has 20 heavy (non-hydrogen) atoms. The second-order valence-electron chi connectivity index (χ2n) is 4.99. The number of benzene rings is 1. The van der Waals surface area contributed by atoms with Gasteiger partial charge in [0.15, 0.2) is 11.6 Å². The van der Waals surface area contributed by atoms with Gasteiger partial charge in [-0.15, -0.1) is 0 Å². The van der Waals surface area contributed by atoms with Crippen LogP contribution >= 0.6 is 0 Å². The molecule has 0 aliphatic rings. The van der Waals surface area contributed by atoms with Crippen LogP contribution in [0, 0.1) is 17.6 Å². The number of halogens is 2. The lowest BCUT2D eigenvalue weighted by atomic mass is 10.1. The normalized spacial score (nSPS) is 12.2. The molecule has 0 fully saturated rings. The topological polar surface area (TPSA) is 40.5 Å². The lowest BCUT2D eigenvalue weighted by Crippen LogP contribution is -2.32. The van der Waals surface area contributed by atoms with E-state index in [-0.39, 0.29) is 6.54 Å². The standard InChI is InChI=1S/C15H21F2NO2/c1-3-4-5-8-18(10-11(2)15(19)20)12-6-7-13(16)14(17)9-12/h6-7,9,11H,3-5,8,10H2,1-2H3,(H,19,20). The first kappa shape index (κ1) is 16.4. The lowest BCUT2D eigenvalue weighted by Gasteiger charge is -2.26. The van der Waals surface area contributed by atoms with Crippen LogP contribution < -0.4 is 4.90 Å². The first-order valence-electron chi connectivity index (χ1n) is 6.88. The van der Waals surface area contributed by atoms with Crippen LogP contribution in [0.1, 0.15) is 33.1 Å². The number of carboxylic acid groups (broad SMARTS) is 1. The zero-order chi connectivity index (χ0) is 15.1. The van der Waals surface area contributed by atoms with Gasteiger partial charge >= 0.3 is 5.97 Å². The molecule has 3 nitrogen and oxygen atoms in total. The quantitative estimate of drug-likeness (QED) is 0.741. The SMILES string of the molecule is CCCCCN(CC(C)C(=O)O)c1ccc(F)c(F)c1. The molecule has 1 aromatic rings.